The number of hydrogen-bond donors (Lipinski definition) is 3. The topological polar surface area (TPSA) is 164 Å². The average Bonchev–Trinajstić information content (AvgIpc) is 2.77. The maximum atomic E-state index is 13.1. The van der Waals surface area contributed by atoms with E-state index in [2.05, 4.69) is 0 Å². The van der Waals surface area contributed by atoms with Crippen LogP contribution in [0.1, 0.15) is 67.7 Å². The molecule has 1 aliphatic heterocycles. The molecular weight excluding hydrogens is 448 g/mol. The highest BCUT2D eigenvalue weighted by molar-refractivity contribution is 6.55. The molecule has 1 fully saturated rings. The number of esters is 2. The van der Waals surface area contributed by atoms with E-state index in [-0.39, 0.29) is 25.5 Å². The van der Waals surface area contributed by atoms with E-state index < -0.39 is 76.7 Å². The summed E-state index contributed by atoms with van der Waals surface area (Å²) in [6.45, 7) is 10.5. The van der Waals surface area contributed by atoms with Crippen molar-refractivity contribution in [3.8, 4) is 0 Å². The van der Waals surface area contributed by atoms with Crippen molar-refractivity contribution in [2.24, 2.45) is 23.7 Å². The summed E-state index contributed by atoms with van der Waals surface area (Å²) in [5.41, 5.74) is -3.43. The first-order chi connectivity index (χ1) is 15.5. The third kappa shape index (κ3) is 6.70. The monoisotopic (exact) mass is 486 g/mol. The Morgan fingerprint density at radius 3 is 2.15 bits per heavy atom. The zero-order valence-corrected chi connectivity index (χ0v) is 20.9. The standard InChI is InChI=1S/C24H38O10/c1-8-17-24(7,32)20(29)14(4)18(27)12(2)9-23(6,34-22(31)16(26)11-25)10-13(3)19(28)15(5)21(30)33-17/h11-15,17,19-20,28-29,32H,8-10H2,1-7H3/t12-,13-,14+,15-,17-,19+,20-,23+,24-/m1/s1. The Balaban J connectivity index is 3.49. The van der Waals surface area contributed by atoms with Gasteiger partial charge in [-0.15, -0.1) is 0 Å². The van der Waals surface area contributed by atoms with Gasteiger partial charge in [-0.1, -0.05) is 27.7 Å². The second-order valence-corrected chi connectivity index (χ2v) is 10.1. The van der Waals surface area contributed by atoms with Crippen molar-refractivity contribution in [3.05, 3.63) is 0 Å². The minimum atomic E-state index is -1.97. The second-order valence-electron chi connectivity index (χ2n) is 10.1. The highest BCUT2D eigenvalue weighted by Crippen LogP contribution is 2.35. The first-order valence-corrected chi connectivity index (χ1v) is 11.6. The van der Waals surface area contributed by atoms with Gasteiger partial charge >= 0.3 is 17.7 Å². The van der Waals surface area contributed by atoms with E-state index in [0.29, 0.717) is 0 Å². The van der Waals surface area contributed by atoms with Crippen molar-refractivity contribution in [3.63, 3.8) is 0 Å². The highest BCUT2D eigenvalue weighted by Gasteiger charge is 2.48. The summed E-state index contributed by atoms with van der Waals surface area (Å²) < 4.78 is 10.8. The minimum Gasteiger partial charge on any atom is -0.459 e. The largest absolute Gasteiger partial charge is 0.459 e. The van der Waals surface area contributed by atoms with Crippen LogP contribution in [0.5, 0.6) is 0 Å². The van der Waals surface area contributed by atoms with Gasteiger partial charge in [0.15, 0.2) is 6.29 Å². The quantitative estimate of drug-likeness (QED) is 0.223. The van der Waals surface area contributed by atoms with E-state index in [0.717, 1.165) is 0 Å². The van der Waals surface area contributed by atoms with Gasteiger partial charge in [-0.3, -0.25) is 19.2 Å². The molecule has 0 spiro atoms. The second kappa shape index (κ2) is 11.5. The fourth-order valence-corrected chi connectivity index (χ4v) is 4.84. The molecule has 0 radical (unpaired) electrons. The number of carbonyl (C=O) groups excluding carboxylic acids is 5. The van der Waals surface area contributed by atoms with Crippen molar-refractivity contribution in [1.29, 1.82) is 0 Å². The van der Waals surface area contributed by atoms with E-state index in [1.165, 1.54) is 27.7 Å². The van der Waals surface area contributed by atoms with Crippen LogP contribution < -0.4 is 0 Å². The van der Waals surface area contributed by atoms with Crippen LogP contribution in [0.3, 0.4) is 0 Å². The summed E-state index contributed by atoms with van der Waals surface area (Å²) in [6.07, 6.45) is -4.12. The average molecular weight is 487 g/mol. The lowest BCUT2D eigenvalue weighted by atomic mass is 9.75. The van der Waals surface area contributed by atoms with Crippen molar-refractivity contribution >= 4 is 29.8 Å². The zero-order chi connectivity index (χ0) is 26.6. The number of hydrogen-bond acceptors (Lipinski definition) is 10. The molecule has 0 aliphatic carbocycles. The van der Waals surface area contributed by atoms with Gasteiger partial charge in [0.25, 0.3) is 0 Å². The number of Topliss-reactive ketones (excluding diaryl/α,β-unsaturated/α-hetero) is 2. The maximum Gasteiger partial charge on any atom is 0.383 e. The molecule has 1 aliphatic rings. The first kappa shape index (κ1) is 29.9. The predicted octanol–water partition coefficient (Wildman–Crippen LogP) is 0.758. The van der Waals surface area contributed by atoms with Crippen molar-refractivity contribution < 1.29 is 48.8 Å². The molecule has 0 bridgehead atoms. The summed E-state index contributed by atoms with van der Waals surface area (Å²) in [7, 11) is 0. The third-order valence-corrected chi connectivity index (χ3v) is 6.89. The molecule has 0 aromatic heterocycles. The van der Waals surface area contributed by atoms with Crippen molar-refractivity contribution in [2.75, 3.05) is 0 Å². The molecule has 0 aromatic carbocycles. The number of aliphatic hydroxyl groups excluding tert-OH is 2. The molecule has 0 aromatic rings. The molecule has 10 heteroatoms. The lowest BCUT2D eigenvalue weighted by molar-refractivity contribution is -0.194. The normalized spacial score (nSPS) is 40.6. The van der Waals surface area contributed by atoms with E-state index in [4.69, 9.17) is 9.47 Å². The van der Waals surface area contributed by atoms with Crippen LogP contribution in [-0.2, 0) is 33.4 Å². The number of carbonyl (C=O) groups is 5. The van der Waals surface area contributed by atoms with E-state index in [1.54, 1.807) is 20.8 Å². The Labute approximate surface area is 200 Å². The molecule has 0 amide bonds. The molecule has 0 unspecified atom stereocenters. The number of ketones is 2. The Morgan fingerprint density at radius 1 is 1.09 bits per heavy atom. The highest BCUT2D eigenvalue weighted by atomic mass is 16.6. The third-order valence-electron chi connectivity index (χ3n) is 6.89. The van der Waals surface area contributed by atoms with E-state index in [1.807, 2.05) is 0 Å². The Bertz CT molecular complexity index is 791. The SMILES string of the molecule is CC[C@H]1OC(=O)[C@H](C)[C@@H](O)[C@H](C)C[C@@](C)(OC(=O)C(=O)C=O)C[C@@H](C)C(=O)[C@H](C)[C@@H](O)[C@]1(C)O. The molecule has 1 saturated heterocycles. The fraction of sp³-hybridized carbons (Fsp3) is 0.792. The van der Waals surface area contributed by atoms with Crippen LogP contribution in [0, 0.1) is 23.7 Å². The Morgan fingerprint density at radius 2 is 1.65 bits per heavy atom. The van der Waals surface area contributed by atoms with Crippen LogP contribution in [0.25, 0.3) is 0 Å². The lowest BCUT2D eigenvalue weighted by Crippen LogP contribution is -2.56. The molecule has 10 nitrogen and oxygen atoms in total. The van der Waals surface area contributed by atoms with Crippen molar-refractivity contribution in [2.45, 2.75) is 97.2 Å². The van der Waals surface area contributed by atoms with Gasteiger partial charge in [0.05, 0.1) is 18.1 Å². The minimum absolute atomic E-state index is 0.0346. The first-order valence-electron chi connectivity index (χ1n) is 11.6. The molecule has 1 heterocycles. The van der Waals surface area contributed by atoms with Gasteiger partial charge in [0, 0.05) is 11.8 Å². The zero-order valence-electron chi connectivity index (χ0n) is 20.9. The van der Waals surface area contributed by atoms with E-state index >= 15 is 0 Å². The number of aliphatic hydroxyl groups is 3. The van der Waals surface area contributed by atoms with Crippen LogP contribution in [0.4, 0.5) is 0 Å². The fourth-order valence-electron chi connectivity index (χ4n) is 4.84. The molecule has 9 atom stereocenters. The van der Waals surface area contributed by atoms with Gasteiger partial charge < -0.3 is 24.8 Å². The molecular formula is C24H38O10. The molecule has 1 rings (SSSR count). The summed E-state index contributed by atoms with van der Waals surface area (Å²) in [6, 6.07) is 0. The van der Waals surface area contributed by atoms with Crippen LogP contribution in [0.15, 0.2) is 0 Å². The van der Waals surface area contributed by atoms with Crippen LogP contribution in [-0.4, -0.2) is 74.6 Å². The predicted molar refractivity (Wildman–Crippen MR) is 119 cm³/mol. The lowest BCUT2D eigenvalue weighted by Gasteiger charge is -2.41. The van der Waals surface area contributed by atoms with Crippen molar-refractivity contribution in [1.82, 2.24) is 0 Å². The number of aldehydes is 1. The summed E-state index contributed by atoms with van der Waals surface area (Å²) in [5, 5.41) is 32.7. The molecule has 34 heavy (non-hydrogen) atoms. The smallest absolute Gasteiger partial charge is 0.383 e. The number of cyclic esters (lactones) is 1. The number of ether oxygens (including phenoxy) is 2. The van der Waals surface area contributed by atoms with Gasteiger partial charge in [0.1, 0.15) is 23.1 Å². The Kier molecular flexibility index (Phi) is 10.1. The summed E-state index contributed by atoms with van der Waals surface area (Å²) >= 11 is 0. The van der Waals surface area contributed by atoms with E-state index in [9.17, 15) is 39.3 Å². The molecule has 3 N–H and O–H groups in total. The molecule has 0 saturated carbocycles. The van der Waals surface area contributed by atoms with Gasteiger partial charge in [-0.25, -0.2) is 4.79 Å². The summed E-state index contributed by atoms with van der Waals surface area (Å²) in [4.78, 5) is 60.2. The maximum absolute atomic E-state index is 13.1. The number of rotatable bonds is 4. The summed E-state index contributed by atoms with van der Waals surface area (Å²) in [5.74, 6) is -7.60. The van der Waals surface area contributed by atoms with Gasteiger partial charge in [0.2, 0.25) is 0 Å². The van der Waals surface area contributed by atoms with Gasteiger partial charge in [-0.05, 0) is 46.0 Å². The van der Waals surface area contributed by atoms with Crippen LogP contribution >= 0.6 is 0 Å². The Hall–Kier alpha value is -2.17. The van der Waals surface area contributed by atoms with Gasteiger partial charge in [-0.2, -0.15) is 0 Å². The van der Waals surface area contributed by atoms with Crippen LogP contribution in [0.2, 0.25) is 0 Å². The molecule has 194 valence electrons.